The molecule has 0 unspecified atom stereocenters. The summed E-state index contributed by atoms with van der Waals surface area (Å²) < 4.78 is 7.39. The van der Waals surface area contributed by atoms with E-state index in [1.165, 1.54) is 5.69 Å². The van der Waals surface area contributed by atoms with Gasteiger partial charge in [0.25, 0.3) is 0 Å². The molecule has 0 aliphatic carbocycles. The van der Waals surface area contributed by atoms with Gasteiger partial charge in [-0.2, -0.15) is 4.98 Å². The summed E-state index contributed by atoms with van der Waals surface area (Å²) in [4.78, 5) is 10.8. The summed E-state index contributed by atoms with van der Waals surface area (Å²) in [6, 6.07) is 4.13. The van der Waals surface area contributed by atoms with E-state index in [9.17, 15) is 0 Å². The first-order valence-corrected chi connectivity index (χ1v) is 7.66. The van der Waals surface area contributed by atoms with Gasteiger partial charge in [-0.25, -0.2) is 0 Å². The first kappa shape index (κ1) is 17.1. The van der Waals surface area contributed by atoms with E-state index in [0.29, 0.717) is 18.3 Å². The number of hydrogen-bond donors (Lipinski definition) is 1. The van der Waals surface area contributed by atoms with E-state index in [0.717, 1.165) is 12.5 Å². The lowest BCUT2D eigenvalue weighted by Crippen LogP contribution is -2.38. The molecule has 0 saturated heterocycles. The van der Waals surface area contributed by atoms with Crippen LogP contribution in [0.2, 0.25) is 0 Å². The molecule has 0 aromatic carbocycles. The molecule has 2 rings (SSSR count). The number of aliphatic imine (C=N–C) groups is 1. The minimum Gasteiger partial charge on any atom is -0.353 e. The van der Waals surface area contributed by atoms with Crippen LogP contribution in [-0.4, -0.2) is 39.7 Å². The van der Waals surface area contributed by atoms with Gasteiger partial charge in [0.1, 0.15) is 0 Å². The standard InChI is InChI=1S/C16H26N6O/c1-16(2,3)14-19-13(20-23-14)10-18-15(17-4)22(6)11-12-8-7-9-21(12)5/h7-9H,10-11H2,1-6H3,(H,17,18). The summed E-state index contributed by atoms with van der Waals surface area (Å²) >= 11 is 0. The molecule has 0 atom stereocenters. The topological polar surface area (TPSA) is 71.5 Å². The van der Waals surface area contributed by atoms with E-state index in [1.807, 2.05) is 47.1 Å². The van der Waals surface area contributed by atoms with Gasteiger partial charge < -0.3 is 19.3 Å². The van der Waals surface area contributed by atoms with Gasteiger partial charge in [0.15, 0.2) is 11.8 Å². The van der Waals surface area contributed by atoms with E-state index < -0.39 is 0 Å². The molecule has 2 heterocycles. The summed E-state index contributed by atoms with van der Waals surface area (Å²) in [5.74, 6) is 2.05. The van der Waals surface area contributed by atoms with Gasteiger partial charge in [-0.1, -0.05) is 25.9 Å². The lowest BCUT2D eigenvalue weighted by Gasteiger charge is -2.21. The van der Waals surface area contributed by atoms with Gasteiger partial charge >= 0.3 is 0 Å². The summed E-state index contributed by atoms with van der Waals surface area (Å²) in [7, 11) is 5.80. The van der Waals surface area contributed by atoms with Crippen LogP contribution in [0.5, 0.6) is 0 Å². The Kier molecular flexibility index (Phi) is 5.08. The van der Waals surface area contributed by atoms with Gasteiger partial charge in [0.05, 0.1) is 13.1 Å². The predicted molar refractivity (Wildman–Crippen MR) is 90.1 cm³/mol. The fraction of sp³-hybridized carbons (Fsp3) is 0.562. The maximum Gasteiger partial charge on any atom is 0.232 e. The molecule has 7 nitrogen and oxygen atoms in total. The van der Waals surface area contributed by atoms with Crippen LogP contribution < -0.4 is 5.32 Å². The molecule has 0 aliphatic rings. The van der Waals surface area contributed by atoms with Crippen molar-refractivity contribution in [1.82, 2.24) is 24.9 Å². The molecule has 0 amide bonds. The summed E-state index contributed by atoms with van der Waals surface area (Å²) in [5.41, 5.74) is 1.07. The quantitative estimate of drug-likeness (QED) is 0.689. The molecule has 0 spiro atoms. The van der Waals surface area contributed by atoms with Crippen LogP contribution in [0.1, 0.15) is 38.2 Å². The summed E-state index contributed by atoms with van der Waals surface area (Å²) in [5, 5.41) is 7.28. The molecule has 2 aromatic heterocycles. The van der Waals surface area contributed by atoms with Crippen LogP contribution in [0.25, 0.3) is 0 Å². The Morgan fingerprint density at radius 1 is 1.43 bits per heavy atom. The second kappa shape index (κ2) is 6.85. The third-order valence-corrected chi connectivity index (χ3v) is 3.54. The lowest BCUT2D eigenvalue weighted by molar-refractivity contribution is 0.318. The highest BCUT2D eigenvalue weighted by Gasteiger charge is 2.21. The Morgan fingerprint density at radius 2 is 2.17 bits per heavy atom. The number of nitrogens with zero attached hydrogens (tertiary/aromatic N) is 5. The average molecular weight is 318 g/mol. The highest BCUT2D eigenvalue weighted by atomic mass is 16.5. The Morgan fingerprint density at radius 3 is 2.70 bits per heavy atom. The van der Waals surface area contributed by atoms with Crippen molar-refractivity contribution >= 4 is 5.96 Å². The number of aromatic nitrogens is 3. The summed E-state index contributed by atoms with van der Waals surface area (Å²) in [6.07, 6.45) is 2.03. The Balaban J connectivity index is 1.95. The largest absolute Gasteiger partial charge is 0.353 e. The van der Waals surface area contributed by atoms with Crippen LogP contribution in [0.4, 0.5) is 0 Å². The minimum atomic E-state index is -0.143. The van der Waals surface area contributed by atoms with Gasteiger partial charge in [-0.05, 0) is 12.1 Å². The molecular weight excluding hydrogens is 292 g/mol. The maximum atomic E-state index is 5.30. The fourth-order valence-corrected chi connectivity index (χ4v) is 2.15. The molecule has 0 fully saturated rings. The van der Waals surface area contributed by atoms with Crippen molar-refractivity contribution in [2.45, 2.75) is 39.3 Å². The molecule has 0 aliphatic heterocycles. The van der Waals surface area contributed by atoms with Gasteiger partial charge in [0.2, 0.25) is 5.89 Å². The van der Waals surface area contributed by atoms with Crippen LogP contribution in [0, 0.1) is 0 Å². The Hall–Kier alpha value is -2.31. The second-order valence-corrected chi connectivity index (χ2v) is 6.63. The number of nitrogens with one attached hydrogen (secondary N) is 1. The first-order valence-electron chi connectivity index (χ1n) is 7.66. The number of aryl methyl sites for hydroxylation is 1. The van der Waals surface area contributed by atoms with Crippen molar-refractivity contribution in [3.8, 4) is 0 Å². The van der Waals surface area contributed by atoms with Crippen molar-refractivity contribution < 1.29 is 4.52 Å². The highest BCUT2D eigenvalue weighted by Crippen LogP contribution is 2.19. The molecule has 1 N–H and O–H groups in total. The van der Waals surface area contributed by atoms with Crippen molar-refractivity contribution in [3.05, 3.63) is 35.7 Å². The van der Waals surface area contributed by atoms with Crippen LogP contribution in [0.15, 0.2) is 27.8 Å². The number of rotatable bonds is 4. The van der Waals surface area contributed by atoms with Crippen LogP contribution in [0.3, 0.4) is 0 Å². The molecular formula is C16H26N6O. The number of guanidine groups is 1. The SMILES string of the molecule is CN=C(NCc1noc(C(C)(C)C)n1)N(C)Cc1cccn1C. The van der Waals surface area contributed by atoms with Gasteiger partial charge in [0, 0.05) is 38.4 Å². The first-order chi connectivity index (χ1) is 10.8. The van der Waals surface area contributed by atoms with Crippen LogP contribution in [-0.2, 0) is 25.6 Å². The lowest BCUT2D eigenvalue weighted by atomic mass is 9.97. The maximum absolute atomic E-state index is 5.30. The zero-order valence-corrected chi connectivity index (χ0v) is 14.8. The van der Waals surface area contributed by atoms with E-state index >= 15 is 0 Å². The molecule has 0 radical (unpaired) electrons. The summed E-state index contributed by atoms with van der Waals surface area (Å²) in [6.45, 7) is 7.38. The second-order valence-electron chi connectivity index (χ2n) is 6.63. The third-order valence-electron chi connectivity index (χ3n) is 3.54. The molecule has 7 heteroatoms. The Bertz CT molecular complexity index is 664. The van der Waals surface area contributed by atoms with E-state index in [2.05, 4.69) is 36.0 Å². The van der Waals surface area contributed by atoms with Gasteiger partial charge in [-0.3, -0.25) is 4.99 Å². The molecule has 126 valence electrons. The smallest absolute Gasteiger partial charge is 0.232 e. The van der Waals surface area contributed by atoms with Crippen molar-refractivity contribution in [2.75, 3.05) is 14.1 Å². The van der Waals surface area contributed by atoms with Crippen molar-refractivity contribution in [2.24, 2.45) is 12.0 Å². The van der Waals surface area contributed by atoms with E-state index in [-0.39, 0.29) is 5.41 Å². The fourth-order valence-electron chi connectivity index (χ4n) is 2.15. The van der Waals surface area contributed by atoms with Gasteiger partial charge in [-0.15, -0.1) is 0 Å². The zero-order chi connectivity index (χ0) is 17.0. The highest BCUT2D eigenvalue weighted by molar-refractivity contribution is 5.79. The molecule has 0 bridgehead atoms. The zero-order valence-electron chi connectivity index (χ0n) is 14.8. The minimum absolute atomic E-state index is 0.143. The normalized spacial score (nSPS) is 12.5. The monoisotopic (exact) mass is 318 g/mol. The predicted octanol–water partition coefficient (Wildman–Crippen LogP) is 1.91. The van der Waals surface area contributed by atoms with Crippen molar-refractivity contribution in [1.29, 1.82) is 0 Å². The molecule has 23 heavy (non-hydrogen) atoms. The molecule has 0 saturated carbocycles. The van der Waals surface area contributed by atoms with E-state index in [4.69, 9.17) is 4.52 Å². The molecule has 2 aromatic rings. The van der Waals surface area contributed by atoms with Crippen LogP contribution >= 0.6 is 0 Å². The number of hydrogen-bond acceptors (Lipinski definition) is 4. The third kappa shape index (κ3) is 4.34. The Labute approximate surface area is 137 Å². The van der Waals surface area contributed by atoms with Crippen molar-refractivity contribution in [3.63, 3.8) is 0 Å². The van der Waals surface area contributed by atoms with E-state index in [1.54, 1.807) is 7.05 Å². The average Bonchev–Trinajstić information content (AvgIpc) is 3.09.